The zero-order valence-corrected chi connectivity index (χ0v) is 29.5. The van der Waals surface area contributed by atoms with E-state index in [1.807, 2.05) is 39.8 Å². The van der Waals surface area contributed by atoms with E-state index in [4.69, 9.17) is 9.97 Å². The molecule has 8 bridgehead atoms. The Labute approximate surface area is 412 Å². The molecular formula is C38H45N5Na4O9. The zero-order chi connectivity index (χ0) is 38.2. The van der Waals surface area contributed by atoms with Gasteiger partial charge in [-0.3, -0.25) is 19.4 Å². The Morgan fingerprint density at radius 3 is 2.05 bits per heavy atom. The third-order valence-electron chi connectivity index (χ3n) is 9.97. The van der Waals surface area contributed by atoms with Crippen molar-refractivity contribution in [3.05, 3.63) is 75.4 Å². The Hall–Kier alpha value is -2.05. The van der Waals surface area contributed by atoms with Gasteiger partial charge in [0.25, 0.3) is 0 Å². The van der Waals surface area contributed by atoms with Gasteiger partial charge in [0.15, 0.2) is 0 Å². The maximum atomic E-state index is 13.6. The minimum absolute atomic E-state index is 0. The van der Waals surface area contributed by atoms with Crippen molar-refractivity contribution in [3.8, 4) is 0 Å². The van der Waals surface area contributed by atoms with Gasteiger partial charge in [0.2, 0.25) is 5.91 Å². The number of amides is 1. The van der Waals surface area contributed by atoms with E-state index in [1.54, 1.807) is 19.1 Å². The van der Waals surface area contributed by atoms with E-state index in [0.717, 1.165) is 27.8 Å². The van der Waals surface area contributed by atoms with E-state index in [0.29, 0.717) is 40.1 Å². The van der Waals surface area contributed by atoms with E-state index in [-0.39, 0.29) is 153 Å². The summed E-state index contributed by atoms with van der Waals surface area (Å²) in [5, 5.41) is 41.4. The van der Waals surface area contributed by atoms with Gasteiger partial charge in [-0.15, -0.1) is 0 Å². The number of H-pyrrole nitrogens is 2. The molecule has 280 valence electrons. The number of allylic oxidation sites excluding steroid dienone is 2. The van der Waals surface area contributed by atoms with Crippen LogP contribution in [0.3, 0.4) is 0 Å². The van der Waals surface area contributed by atoms with Crippen LogP contribution in [-0.4, -0.2) is 194 Å². The molecule has 5 rings (SSSR count). The van der Waals surface area contributed by atoms with Crippen molar-refractivity contribution >= 4 is 187 Å². The van der Waals surface area contributed by atoms with E-state index in [9.17, 15) is 44.4 Å². The maximum absolute atomic E-state index is 13.6. The molecule has 0 saturated heterocycles. The van der Waals surface area contributed by atoms with Crippen molar-refractivity contribution < 1.29 is 44.4 Å². The summed E-state index contributed by atoms with van der Waals surface area (Å²) in [6, 6.07) is 3.77. The molecule has 18 heteroatoms. The number of aromatic amines is 2. The third kappa shape index (κ3) is 11.0. The molecule has 0 aromatic carbocycles. The topological polar surface area (TPSA) is 236 Å². The number of aryl methyl sites for hydroxylation is 2. The summed E-state index contributed by atoms with van der Waals surface area (Å²) in [5.74, 6) is -7.25. The quantitative estimate of drug-likeness (QED) is 0.131. The monoisotopic (exact) mass is 807 g/mol. The van der Waals surface area contributed by atoms with Crippen LogP contribution in [0, 0.1) is 13.8 Å². The van der Waals surface area contributed by atoms with Crippen LogP contribution in [0.2, 0.25) is 0 Å². The molecule has 56 heavy (non-hydrogen) atoms. The van der Waals surface area contributed by atoms with Crippen LogP contribution in [0.15, 0.2) is 24.8 Å². The van der Waals surface area contributed by atoms with Crippen molar-refractivity contribution in [3.63, 3.8) is 0 Å². The van der Waals surface area contributed by atoms with Crippen molar-refractivity contribution in [1.82, 2.24) is 25.3 Å². The molecule has 3 atom stereocenters. The predicted octanol–water partition coefficient (Wildman–Crippen LogP) is 3.36. The summed E-state index contributed by atoms with van der Waals surface area (Å²) < 4.78 is 0. The Bertz CT molecular complexity index is 2260. The van der Waals surface area contributed by atoms with Crippen LogP contribution in [0.5, 0.6) is 0 Å². The molecule has 2 aliphatic heterocycles. The van der Waals surface area contributed by atoms with Gasteiger partial charge in [0, 0.05) is 51.6 Å². The summed E-state index contributed by atoms with van der Waals surface area (Å²) in [6.07, 6.45) is 0.739. The first-order valence-electron chi connectivity index (χ1n) is 16.8. The Kier molecular flexibility index (Phi) is 20.2. The summed E-state index contributed by atoms with van der Waals surface area (Å²) in [7, 11) is 0. The van der Waals surface area contributed by atoms with Gasteiger partial charge >= 0.3 is 142 Å². The average molecular weight is 808 g/mol. The fourth-order valence-electron chi connectivity index (χ4n) is 7.16. The van der Waals surface area contributed by atoms with Gasteiger partial charge in [0.05, 0.1) is 41.0 Å². The molecule has 2 aliphatic rings. The SMILES string of the molecule is C=Cc1c(C)c2cc3nc(c(CC(=O)N[C@@H](CC(=O)O)C(=O)O)c4[nH]c(cc5nc(cc1[nH]2)C(C)=C5CC)c(C)c4C(=O)O)[C@@H](CCC(=O)O)[C@@H]3C.[NaH].[NaH].[NaH].[NaH]. The van der Waals surface area contributed by atoms with Gasteiger partial charge in [-0.05, 0) is 74.1 Å². The summed E-state index contributed by atoms with van der Waals surface area (Å²) in [5.41, 5.74) is 7.97. The van der Waals surface area contributed by atoms with Crippen LogP contribution >= 0.6 is 0 Å². The Morgan fingerprint density at radius 1 is 0.875 bits per heavy atom. The number of nitrogens with one attached hydrogen (secondary N) is 3. The fourth-order valence-corrected chi connectivity index (χ4v) is 7.16. The van der Waals surface area contributed by atoms with E-state index in [1.165, 1.54) is 0 Å². The first-order valence-corrected chi connectivity index (χ1v) is 16.8. The fraction of sp³-hybridized carbons (Fsp3) is 0.342. The number of aromatic carboxylic acids is 1. The molecule has 3 aromatic heterocycles. The molecule has 0 radical (unpaired) electrons. The Balaban J connectivity index is 0.00000392. The minimum atomic E-state index is -1.76. The number of carboxylic acids is 4. The summed E-state index contributed by atoms with van der Waals surface area (Å²) >= 11 is 0. The third-order valence-corrected chi connectivity index (χ3v) is 9.97. The van der Waals surface area contributed by atoms with Crippen LogP contribution in [0.4, 0.5) is 0 Å². The molecule has 1 amide bonds. The number of carboxylic acid groups (broad SMARTS) is 4. The number of rotatable bonds is 12. The number of hydrogen-bond acceptors (Lipinski definition) is 7. The number of aromatic nitrogens is 4. The van der Waals surface area contributed by atoms with Crippen LogP contribution < -0.4 is 5.32 Å². The van der Waals surface area contributed by atoms with Gasteiger partial charge in [-0.2, -0.15) is 0 Å². The summed E-state index contributed by atoms with van der Waals surface area (Å²) in [4.78, 5) is 78.3. The first-order chi connectivity index (χ1) is 24.6. The number of nitrogens with zero attached hydrogens (tertiary/aromatic N) is 2. The van der Waals surface area contributed by atoms with Crippen molar-refractivity contribution in [2.24, 2.45) is 0 Å². The predicted molar refractivity (Wildman–Crippen MR) is 222 cm³/mol. The summed E-state index contributed by atoms with van der Waals surface area (Å²) in [6.45, 7) is 13.4. The molecule has 0 aliphatic carbocycles. The standard InChI is InChI=1S/C38H41N5O9.4Na.4H/c1-7-20-16(3)24-12-26-18(5)22(9-10-32(45)46)35(42-26)23(11-31(44)41-30(37(49)50)15-33(47)48)36-34(38(51)52)19(6)27(43-36)14-29-21(8-2)17(4)25(40-29)13-28(20)39-24;;;;;;;;/h7,12-14,18,22,30,39,43H,1,8-11,15H2,2-6H3,(H,41,44)(H,45,46)(H,47,48)(H,49,50)(H,51,52);;;;;;;;/t18-,22-,30-;;;;;;;;/m0......../s1. The van der Waals surface area contributed by atoms with Gasteiger partial charge < -0.3 is 35.7 Å². The number of carbonyl (C=O) groups excluding carboxylic acids is 1. The molecule has 3 aromatic rings. The number of aliphatic carboxylic acids is 3. The van der Waals surface area contributed by atoms with Crippen molar-refractivity contribution in [2.75, 3.05) is 0 Å². The molecular weight excluding hydrogens is 762 g/mol. The number of hydrogen-bond donors (Lipinski definition) is 7. The van der Waals surface area contributed by atoms with E-state index in [2.05, 4.69) is 21.9 Å². The molecule has 0 spiro atoms. The Morgan fingerprint density at radius 2 is 1.50 bits per heavy atom. The zero-order valence-electron chi connectivity index (χ0n) is 29.5. The molecule has 14 nitrogen and oxygen atoms in total. The van der Waals surface area contributed by atoms with Gasteiger partial charge in [-0.25, -0.2) is 14.6 Å². The second-order valence-corrected chi connectivity index (χ2v) is 13.1. The van der Waals surface area contributed by atoms with E-state index >= 15 is 0 Å². The molecule has 0 fully saturated rings. The molecule has 0 saturated carbocycles. The molecule has 0 unspecified atom stereocenters. The van der Waals surface area contributed by atoms with Crippen LogP contribution in [-0.2, 0) is 25.6 Å². The van der Waals surface area contributed by atoms with Crippen molar-refractivity contribution in [2.45, 2.75) is 84.6 Å². The van der Waals surface area contributed by atoms with Gasteiger partial charge in [0.1, 0.15) is 6.04 Å². The second kappa shape index (κ2) is 21.8. The van der Waals surface area contributed by atoms with Crippen LogP contribution in [0.1, 0.15) is 114 Å². The molecule has 7 N–H and O–H groups in total. The number of carbonyl (C=O) groups is 5. The number of fused-ring (bicyclic) bond motifs is 8. The first kappa shape index (κ1) is 52.0. The van der Waals surface area contributed by atoms with E-state index < -0.39 is 60.5 Å². The van der Waals surface area contributed by atoms with Crippen LogP contribution in [0.25, 0.3) is 39.3 Å². The average Bonchev–Trinajstić information content (AvgIpc) is 3.74. The normalized spacial score (nSPS) is 14.9. The molecule has 5 heterocycles. The van der Waals surface area contributed by atoms with Crippen molar-refractivity contribution in [1.29, 1.82) is 0 Å². The second-order valence-electron chi connectivity index (χ2n) is 13.1. The van der Waals surface area contributed by atoms with Gasteiger partial charge in [-0.1, -0.05) is 26.5 Å².